The van der Waals surface area contributed by atoms with Crippen molar-refractivity contribution >= 4 is 0 Å². The minimum atomic E-state index is 0. The van der Waals surface area contributed by atoms with Crippen LogP contribution < -0.4 is 0 Å². The lowest BCUT2D eigenvalue weighted by atomic mass is 10.1. The molecule has 0 aromatic heterocycles. The molecule has 0 spiro atoms. The standard InChI is InChI=1S/C6H12.FH/c1-4-5-6(2)3;/h4,6H,1,5H2,2-3H3;1H. The first-order valence-electron chi connectivity index (χ1n) is 2.38. The van der Waals surface area contributed by atoms with Crippen molar-refractivity contribution in [1.29, 1.82) is 0 Å². The number of allylic oxidation sites excluding steroid dienone is 1. The average molecular weight is 104 g/mol. The fraction of sp³-hybridized carbons (Fsp3) is 0.667. The average Bonchev–Trinajstić information content (AvgIpc) is 1.35. The second kappa shape index (κ2) is 5.67. The van der Waals surface area contributed by atoms with Crippen molar-refractivity contribution in [3.63, 3.8) is 0 Å². The maximum Gasteiger partial charge on any atom is -0.0330 e. The van der Waals surface area contributed by atoms with Crippen molar-refractivity contribution in [1.82, 2.24) is 0 Å². The van der Waals surface area contributed by atoms with Gasteiger partial charge in [-0.3, -0.25) is 4.70 Å². The van der Waals surface area contributed by atoms with Crippen LogP contribution in [0.4, 0.5) is 4.70 Å². The highest BCUT2D eigenvalue weighted by atomic mass is 19.0. The van der Waals surface area contributed by atoms with Gasteiger partial charge >= 0.3 is 0 Å². The maximum absolute atomic E-state index is 3.60. The Morgan fingerprint density at radius 2 is 2.00 bits per heavy atom. The molecule has 0 bridgehead atoms. The summed E-state index contributed by atoms with van der Waals surface area (Å²) in [6.45, 7) is 7.97. The number of hydrogen-bond donors (Lipinski definition) is 0. The molecule has 1 heteroatoms. The molecule has 0 amide bonds. The first-order valence-corrected chi connectivity index (χ1v) is 2.38. The van der Waals surface area contributed by atoms with E-state index in [-0.39, 0.29) is 4.70 Å². The normalized spacial score (nSPS) is 7.86. The lowest BCUT2D eigenvalue weighted by Crippen LogP contribution is -1.78. The van der Waals surface area contributed by atoms with E-state index in [1.54, 1.807) is 0 Å². The summed E-state index contributed by atoms with van der Waals surface area (Å²) < 4.78 is 0. The summed E-state index contributed by atoms with van der Waals surface area (Å²) in [5, 5.41) is 0. The smallest absolute Gasteiger partial charge is 0.0330 e. The quantitative estimate of drug-likeness (QED) is 0.472. The molecule has 0 saturated carbocycles. The zero-order chi connectivity index (χ0) is 4.99. The zero-order valence-corrected chi connectivity index (χ0v) is 4.98. The predicted octanol–water partition coefficient (Wildman–Crippen LogP) is 2.37. The van der Waals surface area contributed by atoms with Gasteiger partial charge in [0.25, 0.3) is 0 Å². The van der Waals surface area contributed by atoms with Crippen LogP contribution in [0.25, 0.3) is 0 Å². The molecule has 7 heavy (non-hydrogen) atoms. The first kappa shape index (κ1) is 9.83. The van der Waals surface area contributed by atoms with Crippen molar-refractivity contribution in [2.45, 2.75) is 20.3 Å². The van der Waals surface area contributed by atoms with Gasteiger partial charge < -0.3 is 0 Å². The third-order valence-corrected chi connectivity index (χ3v) is 0.638. The van der Waals surface area contributed by atoms with Crippen molar-refractivity contribution < 1.29 is 4.70 Å². The lowest BCUT2D eigenvalue weighted by molar-refractivity contribution is 0.664. The Morgan fingerprint density at radius 1 is 1.57 bits per heavy atom. The number of hydrogen-bond acceptors (Lipinski definition) is 0. The Labute approximate surface area is 44.6 Å². The van der Waals surface area contributed by atoms with Crippen LogP contribution in [0.2, 0.25) is 0 Å². The molecule has 44 valence electrons. The van der Waals surface area contributed by atoms with Crippen LogP contribution in [0.5, 0.6) is 0 Å². The number of halogens is 1. The highest BCUT2D eigenvalue weighted by Crippen LogP contribution is 1.96. The van der Waals surface area contributed by atoms with Crippen molar-refractivity contribution in [2.75, 3.05) is 0 Å². The molecular weight excluding hydrogens is 91.1 g/mol. The van der Waals surface area contributed by atoms with Crippen LogP contribution in [0.1, 0.15) is 20.3 Å². The van der Waals surface area contributed by atoms with Gasteiger partial charge in [0.1, 0.15) is 0 Å². The lowest BCUT2D eigenvalue weighted by Gasteiger charge is -1.92. The molecule has 0 aromatic rings. The fourth-order valence-electron chi connectivity index (χ4n) is 0.333. The van der Waals surface area contributed by atoms with E-state index in [1.807, 2.05) is 6.08 Å². The first-order chi connectivity index (χ1) is 2.77. The third-order valence-electron chi connectivity index (χ3n) is 0.638. The van der Waals surface area contributed by atoms with Crippen LogP contribution in [-0.4, -0.2) is 0 Å². The van der Waals surface area contributed by atoms with E-state index in [2.05, 4.69) is 20.4 Å². The Kier molecular flexibility index (Phi) is 7.96. The molecule has 0 aliphatic carbocycles. The van der Waals surface area contributed by atoms with E-state index >= 15 is 0 Å². The highest BCUT2D eigenvalue weighted by molar-refractivity contribution is 4.67. The van der Waals surface area contributed by atoms with Crippen LogP contribution in [0.15, 0.2) is 12.7 Å². The minimum Gasteiger partial charge on any atom is -0.269 e. The van der Waals surface area contributed by atoms with E-state index in [4.69, 9.17) is 0 Å². The molecule has 0 unspecified atom stereocenters. The van der Waals surface area contributed by atoms with Gasteiger partial charge in [-0.15, -0.1) is 6.58 Å². The monoisotopic (exact) mass is 104 g/mol. The number of rotatable bonds is 2. The van der Waals surface area contributed by atoms with Crippen LogP contribution in [0.3, 0.4) is 0 Å². The van der Waals surface area contributed by atoms with E-state index in [1.165, 1.54) is 0 Å². The summed E-state index contributed by atoms with van der Waals surface area (Å²) in [4.78, 5) is 0. The summed E-state index contributed by atoms with van der Waals surface area (Å²) in [7, 11) is 0. The third kappa shape index (κ3) is 10.7. The summed E-state index contributed by atoms with van der Waals surface area (Å²) in [5.74, 6) is 0.780. The molecule has 0 fully saturated rings. The summed E-state index contributed by atoms with van der Waals surface area (Å²) in [6.07, 6.45) is 3.09. The molecule has 0 aliphatic heterocycles. The Balaban J connectivity index is 0. The highest BCUT2D eigenvalue weighted by Gasteiger charge is 1.82. The molecule has 0 heterocycles. The van der Waals surface area contributed by atoms with Gasteiger partial charge in [0.2, 0.25) is 0 Å². The summed E-state index contributed by atoms with van der Waals surface area (Å²) in [6, 6.07) is 0. The Hall–Kier alpha value is -0.330. The second-order valence-corrected chi connectivity index (χ2v) is 1.92. The van der Waals surface area contributed by atoms with Gasteiger partial charge in [0.15, 0.2) is 0 Å². The molecule has 0 atom stereocenters. The van der Waals surface area contributed by atoms with Crippen molar-refractivity contribution in [3.8, 4) is 0 Å². The van der Waals surface area contributed by atoms with Gasteiger partial charge in [0.05, 0.1) is 0 Å². The Morgan fingerprint density at radius 3 is 2.00 bits per heavy atom. The molecule has 0 aromatic carbocycles. The summed E-state index contributed by atoms with van der Waals surface area (Å²) >= 11 is 0. The van der Waals surface area contributed by atoms with Gasteiger partial charge in [-0.1, -0.05) is 19.9 Å². The molecule has 0 rings (SSSR count). The SMILES string of the molecule is C=CCC(C)C.F. The molecule has 0 saturated heterocycles. The molecule has 0 N–H and O–H groups in total. The van der Waals surface area contributed by atoms with Crippen LogP contribution >= 0.6 is 0 Å². The van der Waals surface area contributed by atoms with E-state index in [0.717, 1.165) is 12.3 Å². The van der Waals surface area contributed by atoms with Crippen LogP contribution in [-0.2, 0) is 0 Å². The van der Waals surface area contributed by atoms with Crippen molar-refractivity contribution in [3.05, 3.63) is 12.7 Å². The molecule has 0 nitrogen and oxygen atoms in total. The topological polar surface area (TPSA) is 0 Å². The van der Waals surface area contributed by atoms with Gasteiger partial charge in [-0.05, 0) is 12.3 Å². The Bertz CT molecular complexity index is 39.4. The van der Waals surface area contributed by atoms with E-state index < -0.39 is 0 Å². The molecule has 0 radical (unpaired) electrons. The second-order valence-electron chi connectivity index (χ2n) is 1.92. The maximum atomic E-state index is 3.60. The van der Waals surface area contributed by atoms with Gasteiger partial charge in [-0.2, -0.15) is 0 Å². The largest absolute Gasteiger partial charge is 0.269 e. The van der Waals surface area contributed by atoms with E-state index in [0.29, 0.717) is 0 Å². The fourth-order valence-corrected chi connectivity index (χ4v) is 0.333. The molecule has 0 aliphatic rings. The molecular formula is C6H13F. The predicted molar refractivity (Wildman–Crippen MR) is 32.2 cm³/mol. The van der Waals surface area contributed by atoms with Crippen molar-refractivity contribution in [2.24, 2.45) is 5.92 Å². The van der Waals surface area contributed by atoms with Crippen LogP contribution in [0, 0.1) is 5.92 Å². The summed E-state index contributed by atoms with van der Waals surface area (Å²) in [5.41, 5.74) is 0. The van der Waals surface area contributed by atoms with Gasteiger partial charge in [0, 0.05) is 0 Å². The minimum absolute atomic E-state index is 0. The van der Waals surface area contributed by atoms with Gasteiger partial charge in [-0.25, -0.2) is 0 Å². The zero-order valence-electron chi connectivity index (χ0n) is 4.98. The van der Waals surface area contributed by atoms with E-state index in [9.17, 15) is 0 Å².